The molecular formula is C25H40O2. The molecule has 1 N–H and O–H groups in total. The summed E-state index contributed by atoms with van der Waals surface area (Å²) < 4.78 is 5.83. The van der Waals surface area contributed by atoms with Gasteiger partial charge < -0.3 is 9.84 Å². The van der Waals surface area contributed by atoms with E-state index in [1.807, 2.05) is 32.0 Å². The van der Waals surface area contributed by atoms with Crippen molar-refractivity contribution in [2.45, 2.75) is 97.9 Å². The SMILES string of the molecule is CC(C)CCCC(C)CCCC(C)(O)C#CCC(C)OCc1ccccc1. The van der Waals surface area contributed by atoms with E-state index in [1.165, 1.54) is 31.2 Å². The van der Waals surface area contributed by atoms with Gasteiger partial charge in [0.15, 0.2) is 0 Å². The normalized spacial score (nSPS) is 15.7. The molecule has 0 amide bonds. The molecule has 152 valence electrons. The first-order valence-electron chi connectivity index (χ1n) is 10.7. The molecular weight excluding hydrogens is 332 g/mol. The zero-order valence-corrected chi connectivity index (χ0v) is 18.1. The number of aliphatic hydroxyl groups is 1. The fourth-order valence-corrected chi connectivity index (χ4v) is 3.13. The van der Waals surface area contributed by atoms with Crippen molar-refractivity contribution in [3.05, 3.63) is 35.9 Å². The minimum atomic E-state index is -0.892. The molecule has 0 bridgehead atoms. The van der Waals surface area contributed by atoms with Crippen LogP contribution in [-0.4, -0.2) is 16.8 Å². The van der Waals surface area contributed by atoms with E-state index in [9.17, 15) is 5.11 Å². The number of benzene rings is 1. The molecule has 0 aromatic heterocycles. The predicted molar refractivity (Wildman–Crippen MR) is 115 cm³/mol. The molecule has 0 aliphatic heterocycles. The molecule has 0 spiro atoms. The first kappa shape index (κ1) is 23.7. The summed E-state index contributed by atoms with van der Waals surface area (Å²) in [7, 11) is 0. The number of ether oxygens (including phenoxy) is 1. The van der Waals surface area contributed by atoms with Crippen molar-refractivity contribution in [2.24, 2.45) is 11.8 Å². The fraction of sp³-hybridized carbons (Fsp3) is 0.680. The Balaban J connectivity index is 2.21. The summed E-state index contributed by atoms with van der Waals surface area (Å²) >= 11 is 0. The van der Waals surface area contributed by atoms with E-state index in [2.05, 4.69) is 44.7 Å². The fourth-order valence-electron chi connectivity index (χ4n) is 3.13. The molecule has 3 unspecified atom stereocenters. The summed E-state index contributed by atoms with van der Waals surface area (Å²) in [5.41, 5.74) is 0.281. The van der Waals surface area contributed by atoms with Crippen LogP contribution in [0.25, 0.3) is 0 Å². The highest BCUT2D eigenvalue weighted by Crippen LogP contribution is 2.20. The Bertz CT molecular complexity index is 551. The molecule has 0 aliphatic carbocycles. The van der Waals surface area contributed by atoms with Crippen LogP contribution in [0.15, 0.2) is 30.3 Å². The van der Waals surface area contributed by atoms with Crippen molar-refractivity contribution in [1.82, 2.24) is 0 Å². The Morgan fingerprint density at radius 1 is 1.00 bits per heavy atom. The Labute approximate surface area is 167 Å². The molecule has 0 saturated carbocycles. The highest BCUT2D eigenvalue weighted by molar-refractivity contribution is 5.14. The van der Waals surface area contributed by atoms with Gasteiger partial charge in [0.1, 0.15) is 5.60 Å². The summed E-state index contributed by atoms with van der Waals surface area (Å²) in [5, 5.41) is 10.5. The van der Waals surface area contributed by atoms with E-state index in [4.69, 9.17) is 4.74 Å². The van der Waals surface area contributed by atoms with Crippen LogP contribution in [0, 0.1) is 23.7 Å². The Kier molecular flexibility index (Phi) is 11.4. The van der Waals surface area contributed by atoms with Crippen LogP contribution in [-0.2, 0) is 11.3 Å². The second-order valence-electron chi connectivity index (χ2n) is 8.71. The van der Waals surface area contributed by atoms with E-state index in [0.717, 1.165) is 24.7 Å². The van der Waals surface area contributed by atoms with Crippen molar-refractivity contribution in [3.8, 4) is 11.8 Å². The van der Waals surface area contributed by atoms with Gasteiger partial charge in [0, 0.05) is 6.42 Å². The highest BCUT2D eigenvalue weighted by Gasteiger charge is 2.17. The third-order valence-corrected chi connectivity index (χ3v) is 4.96. The third-order valence-electron chi connectivity index (χ3n) is 4.96. The minimum Gasteiger partial charge on any atom is -0.378 e. The second-order valence-corrected chi connectivity index (χ2v) is 8.71. The molecule has 1 aromatic carbocycles. The first-order valence-corrected chi connectivity index (χ1v) is 10.7. The maximum Gasteiger partial charge on any atom is 0.122 e. The van der Waals surface area contributed by atoms with Gasteiger partial charge in [-0.3, -0.25) is 0 Å². The molecule has 1 rings (SSSR count). The van der Waals surface area contributed by atoms with Crippen molar-refractivity contribution >= 4 is 0 Å². The lowest BCUT2D eigenvalue weighted by molar-refractivity contribution is 0.0563. The average Bonchev–Trinajstić information content (AvgIpc) is 2.60. The molecule has 0 fully saturated rings. The van der Waals surface area contributed by atoms with E-state index < -0.39 is 5.60 Å². The molecule has 1 aromatic rings. The zero-order valence-electron chi connectivity index (χ0n) is 18.1. The number of hydrogen-bond donors (Lipinski definition) is 1. The molecule has 0 heterocycles. The second kappa shape index (κ2) is 13.0. The standard InChI is InChI=1S/C25H40O2/c1-21(2)12-9-13-22(3)14-10-18-25(5,26)19-11-15-23(4)27-20-24-16-7-6-8-17-24/h6-8,16-17,21-23,26H,9-10,12-15,18,20H2,1-5H3. The Morgan fingerprint density at radius 3 is 2.33 bits per heavy atom. The molecule has 2 nitrogen and oxygen atoms in total. The zero-order chi connectivity index (χ0) is 20.1. The van der Waals surface area contributed by atoms with Gasteiger partial charge in [0.25, 0.3) is 0 Å². The average molecular weight is 373 g/mol. The van der Waals surface area contributed by atoms with Crippen LogP contribution < -0.4 is 0 Å². The first-order chi connectivity index (χ1) is 12.8. The van der Waals surface area contributed by atoms with Gasteiger partial charge in [-0.1, -0.05) is 88.6 Å². The van der Waals surface area contributed by atoms with Crippen LogP contribution in [0.3, 0.4) is 0 Å². The predicted octanol–water partition coefficient (Wildman–Crippen LogP) is 6.37. The lowest BCUT2D eigenvalue weighted by atomic mass is 9.92. The topological polar surface area (TPSA) is 29.5 Å². The maximum atomic E-state index is 10.5. The molecule has 0 radical (unpaired) electrons. The van der Waals surface area contributed by atoms with Gasteiger partial charge >= 0.3 is 0 Å². The van der Waals surface area contributed by atoms with Gasteiger partial charge in [-0.15, -0.1) is 0 Å². The van der Waals surface area contributed by atoms with Crippen molar-refractivity contribution in [1.29, 1.82) is 0 Å². The van der Waals surface area contributed by atoms with Crippen molar-refractivity contribution in [2.75, 3.05) is 0 Å². The van der Waals surface area contributed by atoms with Gasteiger partial charge in [-0.2, -0.15) is 0 Å². The largest absolute Gasteiger partial charge is 0.378 e. The molecule has 3 atom stereocenters. The summed E-state index contributed by atoms with van der Waals surface area (Å²) in [6, 6.07) is 10.2. The van der Waals surface area contributed by atoms with E-state index in [-0.39, 0.29) is 6.10 Å². The van der Waals surface area contributed by atoms with Crippen molar-refractivity contribution < 1.29 is 9.84 Å². The van der Waals surface area contributed by atoms with Gasteiger partial charge in [0.05, 0.1) is 12.7 Å². The lowest BCUT2D eigenvalue weighted by Gasteiger charge is -2.18. The van der Waals surface area contributed by atoms with E-state index >= 15 is 0 Å². The quantitative estimate of drug-likeness (QED) is 0.432. The molecule has 0 saturated heterocycles. The summed E-state index contributed by atoms with van der Waals surface area (Å²) in [6.07, 6.45) is 7.59. The Hall–Kier alpha value is -1.30. The van der Waals surface area contributed by atoms with E-state index in [1.54, 1.807) is 0 Å². The summed E-state index contributed by atoms with van der Waals surface area (Å²) in [6.45, 7) is 11.4. The van der Waals surface area contributed by atoms with Crippen LogP contribution in [0.2, 0.25) is 0 Å². The van der Waals surface area contributed by atoms with Crippen LogP contribution in [0.4, 0.5) is 0 Å². The lowest BCUT2D eigenvalue weighted by Crippen LogP contribution is -2.21. The molecule has 27 heavy (non-hydrogen) atoms. The molecule has 2 heteroatoms. The van der Waals surface area contributed by atoms with Gasteiger partial charge in [0.2, 0.25) is 0 Å². The number of rotatable bonds is 12. The van der Waals surface area contributed by atoms with Crippen LogP contribution in [0.5, 0.6) is 0 Å². The number of hydrogen-bond acceptors (Lipinski definition) is 2. The molecule has 0 aliphatic rings. The van der Waals surface area contributed by atoms with E-state index in [0.29, 0.717) is 13.0 Å². The summed E-state index contributed by atoms with van der Waals surface area (Å²) in [4.78, 5) is 0. The highest BCUT2D eigenvalue weighted by atomic mass is 16.5. The van der Waals surface area contributed by atoms with Crippen LogP contribution >= 0.6 is 0 Å². The summed E-state index contributed by atoms with van der Waals surface area (Å²) in [5.74, 6) is 7.70. The van der Waals surface area contributed by atoms with Crippen LogP contribution in [0.1, 0.15) is 85.1 Å². The van der Waals surface area contributed by atoms with Gasteiger partial charge in [-0.25, -0.2) is 0 Å². The third kappa shape index (κ3) is 12.7. The van der Waals surface area contributed by atoms with Gasteiger partial charge in [-0.05, 0) is 44.1 Å². The minimum absolute atomic E-state index is 0.0643. The monoisotopic (exact) mass is 372 g/mol. The maximum absolute atomic E-state index is 10.5. The van der Waals surface area contributed by atoms with Crippen molar-refractivity contribution in [3.63, 3.8) is 0 Å². The Morgan fingerprint density at radius 2 is 1.67 bits per heavy atom. The smallest absolute Gasteiger partial charge is 0.122 e.